The van der Waals surface area contributed by atoms with E-state index in [-0.39, 0.29) is 11.8 Å². The van der Waals surface area contributed by atoms with Crippen LogP contribution in [0.4, 0.5) is 11.6 Å². The standard InChI is InChI=1S/C23H25N5OS/c1-17-7-8-20(25-13-17)26-23(29)19-9-11-28(12-10-19)21-14-24-15-22(27-21)30-16-18-5-3-2-4-6-18/h2-8,13-15,19H,9-12,16H2,1H3,(H,25,26,29). The molecule has 0 unspecified atom stereocenters. The average molecular weight is 420 g/mol. The smallest absolute Gasteiger partial charge is 0.228 e. The number of thioether (sulfide) groups is 1. The van der Waals surface area contributed by atoms with Crippen molar-refractivity contribution in [3.63, 3.8) is 0 Å². The van der Waals surface area contributed by atoms with E-state index >= 15 is 0 Å². The summed E-state index contributed by atoms with van der Waals surface area (Å²) in [5.74, 6) is 2.40. The van der Waals surface area contributed by atoms with Gasteiger partial charge in [-0.25, -0.2) is 9.97 Å². The maximum atomic E-state index is 12.6. The van der Waals surface area contributed by atoms with Crippen molar-refractivity contribution in [1.29, 1.82) is 0 Å². The first-order valence-electron chi connectivity index (χ1n) is 10.1. The van der Waals surface area contributed by atoms with E-state index in [0.717, 1.165) is 48.1 Å². The Labute approximate surface area is 181 Å². The molecule has 0 radical (unpaired) electrons. The van der Waals surface area contributed by atoms with E-state index < -0.39 is 0 Å². The molecule has 0 atom stereocenters. The Morgan fingerprint density at radius 2 is 1.90 bits per heavy atom. The van der Waals surface area contributed by atoms with Crippen molar-refractivity contribution in [2.24, 2.45) is 5.92 Å². The second-order valence-corrected chi connectivity index (χ2v) is 8.46. The van der Waals surface area contributed by atoms with Crippen LogP contribution in [0.15, 0.2) is 66.1 Å². The van der Waals surface area contributed by atoms with Gasteiger partial charge in [0, 0.05) is 31.0 Å². The van der Waals surface area contributed by atoms with Crippen LogP contribution in [0.1, 0.15) is 24.0 Å². The maximum absolute atomic E-state index is 12.6. The molecule has 2 aromatic heterocycles. The number of benzene rings is 1. The van der Waals surface area contributed by atoms with E-state index in [2.05, 4.69) is 32.3 Å². The molecule has 6 nitrogen and oxygen atoms in total. The number of rotatable bonds is 6. The van der Waals surface area contributed by atoms with Crippen LogP contribution in [0.3, 0.4) is 0 Å². The van der Waals surface area contributed by atoms with Crippen molar-refractivity contribution < 1.29 is 4.79 Å². The van der Waals surface area contributed by atoms with Gasteiger partial charge in [-0.3, -0.25) is 9.78 Å². The van der Waals surface area contributed by atoms with E-state index in [0.29, 0.717) is 5.82 Å². The molecule has 7 heteroatoms. The predicted octanol–water partition coefficient (Wildman–Crippen LogP) is 4.33. The summed E-state index contributed by atoms with van der Waals surface area (Å²) >= 11 is 1.69. The quantitative estimate of drug-likeness (QED) is 0.600. The molecule has 1 N–H and O–H groups in total. The molecular formula is C23H25N5OS. The van der Waals surface area contributed by atoms with Crippen molar-refractivity contribution in [3.05, 3.63) is 72.2 Å². The second-order valence-electron chi connectivity index (χ2n) is 7.46. The summed E-state index contributed by atoms with van der Waals surface area (Å²) in [5, 5.41) is 3.85. The molecule has 0 saturated carbocycles. The second kappa shape index (κ2) is 9.71. The van der Waals surface area contributed by atoms with Crippen LogP contribution in [0.5, 0.6) is 0 Å². The summed E-state index contributed by atoms with van der Waals surface area (Å²) in [6, 6.07) is 14.2. The summed E-state index contributed by atoms with van der Waals surface area (Å²) in [7, 11) is 0. The predicted molar refractivity (Wildman–Crippen MR) is 121 cm³/mol. The van der Waals surface area contributed by atoms with Gasteiger partial charge in [-0.15, -0.1) is 11.8 Å². The maximum Gasteiger partial charge on any atom is 0.228 e. The SMILES string of the molecule is Cc1ccc(NC(=O)C2CCN(c3cncc(SCc4ccccc4)n3)CC2)nc1. The highest BCUT2D eigenvalue weighted by Crippen LogP contribution is 2.26. The number of hydrogen-bond donors (Lipinski definition) is 1. The van der Waals surface area contributed by atoms with Gasteiger partial charge in [-0.05, 0) is 37.0 Å². The molecule has 1 saturated heterocycles. The van der Waals surface area contributed by atoms with E-state index in [1.165, 1.54) is 5.56 Å². The van der Waals surface area contributed by atoms with Gasteiger partial charge in [0.1, 0.15) is 16.7 Å². The summed E-state index contributed by atoms with van der Waals surface area (Å²) in [6.45, 7) is 3.56. The van der Waals surface area contributed by atoms with Crippen LogP contribution in [-0.2, 0) is 10.5 Å². The third-order valence-electron chi connectivity index (χ3n) is 5.18. The first-order chi connectivity index (χ1) is 14.7. The number of nitrogens with zero attached hydrogens (tertiary/aromatic N) is 4. The average Bonchev–Trinajstić information content (AvgIpc) is 2.80. The highest BCUT2D eigenvalue weighted by atomic mass is 32.2. The molecule has 1 aromatic carbocycles. The highest BCUT2D eigenvalue weighted by molar-refractivity contribution is 7.98. The number of aryl methyl sites for hydroxylation is 1. The molecule has 0 aliphatic carbocycles. The zero-order chi connectivity index (χ0) is 20.8. The number of nitrogens with one attached hydrogen (secondary N) is 1. The van der Waals surface area contributed by atoms with Crippen molar-refractivity contribution in [1.82, 2.24) is 15.0 Å². The van der Waals surface area contributed by atoms with Gasteiger partial charge in [0.2, 0.25) is 5.91 Å². The number of hydrogen-bond acceptors (Lipinski definition) is 6. The Balaban J connectivity index is 1.30. The van der Waals surface area contributed by atoms with Crippen LogP contribution in [0.2, 0.25) is 0 Å². The lowest BCUT2D eigenvalue weighted by Crippen LogP contribution is -2.38. The van der Waals surface area contributed by atoms with E-state index in [4.69, 9.17) is 4.98 Å². The lowest BCUT2D eigenvalue weighted by molar-refractivity contribution is -0.120. The van der Waals surface area contributed by atoms with Gasteiger partial charge < -0.3 is 10.2 Å². The molecule has 3 heterocycles. The number of carbonyl (C=O) groups is 1. The summed E-state index contributed by atoms with van der Waals surface area (Å²) in [4.78, 5) is 28.2. The third-order valence-corrected chi connectivity index (χ3v) is 6.15. The fourth-order valence-corrected chi connectivity index (χ4v) is 4.23. The fourth-order valence-electron chi connectivity index (χ4n) is 3.43. The van der Waals surface area contributed by atoms with Gasteiger partial charge in [0.05, 0.1) is 12.4 Å². The van der Waals surface area contributed by atoms with E-state index in [9.17, 15) is 4.79 Å². The molecule has 1 aliphatic heterocycles. The fraction of sp³-hybridized carbons (Fsp3) is 0.304. The van der Waals surface area contributed by atoms with E-state index in [1.807, 2.05) is 49.6 Å². The number of piperidine rings is 1. The molecule has 0 bridgehead atoms. The van der Waals surface area contributed by atoms with Gasteiger partial charge in [0.25, 0.3) is 0 Å². The molecule has 1 aliphatic rings. The summed E-state index contributed by atoms with van der Waals surface area (Å²) < 4.78 is 0. The lowest BCUT2D eigenvalue weighted by atomic mass is 9.96. The highest BCUT2D eigenvalue weighted by Gasteiger charge is 2.26. The largest absolute Gasteiger partial charge is 0.355 e. The summed E-state index contributed by atoms with van der Waals surface area (Å²) in [5.41, 5.74) is 2.34. The van der Waals surface area contributed by atoms with Crippen LogP contribution in [0.25, 0.3) is 0 Å². The molecule has 1 amide bonds. The molecule has 154 valence electrons. The molecular weight excluding hydrogens is 394 g/mol. The zero-order valence-electron chi connectivity index (χ0n) is 17.0. The van der Waals surface area contributed by atoms with Gasteiger partial charge in [-0.1, -0.05) is 36.4 Å². The number of aromatic nitrogens is 3. The van der Waals surface area contributed by atoms with Gasteiger partial charge >= 0.3 is 0 Å². The van der Waals surface area contributed by atoms with Crippen LogP contribution in [0, 0.1) is 12.8 Å². The summed E-state index contributed by atoms with van der Waals surface area (Å²) in [6.07, 6.45) is 6.97. The molecule has 30 heavy (non-hydrogen) atoms. The zero-order valence-corrected chi connectivity index (χ0v) is 17.8. The third kappa shape index (κ3) is 5.36. The van der Waals surface area contributed by atoms with Crippen molar-refractivity contribution >= 4 is 29.3 Å². The molecule has 4 rings (SSSR count). The number of carbonyl (C=O) groups excluding carboxylic acids is 1. The van der Waals surface area contributed by atoms with Gasteiger partial charge in [-0.2, -0.15) is 0 Å². The Morgan fingerprint density at radius 3 is 2.63 bits per heavy atom. The first kappa shape index (κ1) is 20.3. The minimum atomic E-state index is -0.00653. The van der Waals surface area contributed by atoms with E-state index in [1.54, 1.807) is 18.0 Å². The Kier molecular flexibility index (Phi) is 6.59. The Bertz CT molecular complexity index is 972. The van der Waals surface area contributed by atoms with Crippen LogP contribution in [-0.4, -0.2) is 33.9 Å². The molecule has 1 fully saturated rings. The minimum absolute atomic E-state index is 0.00653. The number of pyridine rings is 1. The topological polar surface area (TPSA) is 71.0 Å². The van der Waals surface area contributed by atoms with Crippen molar-refractivity contribution in [2.45, 2.75) is 30.5 Å². The Hall–Kier alpha value is -2.93. The van der Waals surface area contributed by atoms with Crippen molar-refractivity contribution in [3.8, 4) is 0 Å². The molecule has 0 spiro atoms. The normalized spacial score (nSPS) is 14.5. The van der Waals surface area contributed by atoms with Crippen LogP contribution < -0.4 is 10.2 Å². The van der Waals surface area contributed by atoms with Crippen LogP contribution >= 0.6 is 11.8 Å². The van der Waals surface area contributed by atoms with Crippen molar-refractivity contribution in [2.75, 3.05) is 23.3 Å². The lowest BCUT2D eigenvalue weighted by Gasteiger charge is -2.32. The minimum Gasteiger partial charge on any atom is -0.355 e. The van der Waals surface area contributed by atoms with Gasteiger partial charge in [0.15, 0.2) is 0 Å². The molecule has 3 aromatic rings. The first-order valence-corrected chi connectivity index (χ1v) is 11.1. The Morgan fingerprint density at radius 1 is 1.10 bits per heavy atom. The number of amides is 1. The number of anilines is 2. The monoisotopic (exact) mass is 419 g/mol.